The Kier molecular flexibility index (Phi) is 3.56. The first-order chi connectivity index (χ1) is 7.82. The van der Waals surface area contributed by atoms with Crippen LogP contribution in [-0.4, -0.2) is 19.8 Å². The van der Waals surface area contributed by atoms with Gasteiger partial charge in [-0.1, -0.05) is 29.3 Å². The molecule has 0 amide bonds. The predicted octanol–water partition coefficient (Wildman–Crippen LogP) is 3.81. The maximum Gasteiger partial charge on any atom is 0.100 e. The summed E-state index contributed by atoms with van der Waals surface area (Å²) >= 11 is 12.3. The van der Waals surface area contributed by atoms with Gasteiger partial charge in [0.15, 0.2) is 0 Å². The van der Waals surface area contributed by atoms with Crippen molar-refractivity contribution < 1.29 is 4.21 Å². The van der Waals surface area contributed by atoms with E-state index in [9.17, 15) is 4.21 Å². The lowest BCUT2D eigenvalue weighted by Crippen LogP contribution is -2.27. The minimum absolute atomic E-state index is 0.0938. The van der Waals surface area contributed by atoms with Crippen molar-refractivity contribution in [2.45, 2.75) is 31.6 Å². The highest BCUT2D eigenvalue weighted by atomic mass is 35.5. The molecule has 1 aromatic rings. The second-order valence-corrected chi connectivity index (χ2v) is 8.12. The third-order valence-corrected chi connectivity index (χ3v) is 5.17. The van der Waals surface area contributed by atoms with Gasteiger partial charge in [0.05, 0.1) is 10.8 Å². The van der Waals surface area contributed by atoms with Gasteiger partial charge in [-0.25, -0.2) is 8.51 Å². The van der Waals surface area contributed by atoms with E-state index in [0.717, 1.165) is 12.1 Å². The minimum atomic E-state index is -1.01. The topological polar surface area (TPSA) is 20.1 Å². The SMILES string of the molecule is CC(C)(C)[S@](=O)N1C[C@H]1c1c(Cl)cccc1Cl. The van der Waals surface area contributed by atoms with Crippen molar-refractivity contribution in [3.8, 4) is 0 Å². The van der Waals surface area contributed by atoms with Crippen LogP contribution in [0.3, 0.4) is 0 Å². The van der Waals surface area contributed by atoms with E-state index >= 15 is 0 Å². The summed E-state index contributed by atoms with van der Waals surface area (Å²) in [5, 5.41) is 1.30. The number of benzene rings is 1. The summed E-state index contributed by atoms with van der Waals surface area (Å²) < 4.78 is 13.9. The van der Waals surface area contributed by atoms with E-state index in [4.69, 9.17) is 23.2 Å². The Morgan fingerprint density at radius 2 is 1.82 bits per heavy atom. The van der Waals surface area contributed by atoms with E-state index in [0.29, 0.717) is 10.0 Å². The molecule has 0 aliphatic carbocycles. The number of rotatable bonds is 2. The maximum atomic E-state index is 12.2. The van der Waals surface area contributed by atoms with Crippen LogP contribution in [0, 0.1) is 0 Å². The van der Waals surface area contributed by atoms with E-state index in [1.54, 1.807) is 0 Å². The molecule has 1 aromatic carbocycles. The van der Waals surface area contributed by atoms with Crippen molar-refractivity contribution in [3.63, 3.8) is 0 Å². The molecule has 0 bridgehead atoms. The van der Waals surface area contributed by atoms with Gasteiger partial charge in [0.2, 0.25) is 0 Å². The average molecular weight is 292 g/mol. The molecule has 1 heterocycles. The van der Waals surface area contributed by atoms with Crippen LogP contribution in [-0.2, 0) is 11.0 Å². The van der Waals surface area contributed by atoms with Crippen molar-refractivity contribution in [1.29, 1.82) is 0 Å². The molecule has 2 nitrogen and oxygen atoms in total. The van der Waals surface area contributed by atoms with Crippen molar-refractivity contribution in [3.05, 3.63) is 33.8 Å². The van der Waals surface area contributed by atoms with Crippen molar-refractivity contribution in [1.82, 2.24) is 4.31 Å². The van der Waals surface area contributed by atoms with E-state index in [-0.39, 0.29) is 10.8 Å². The van der Waals surface area contributed by atoms with Crippen LogP contribution in [0.4, 0.5) is 0 Å². The molecule has 1 fully saturated rings. The predicted molar refractivity (Wildman–Crippen MR) is 73.8 cm³/mol. The highest BCUT2D eigenvalue weighted by Gasteiger charge is 2.45. The van der Waals surface area contributed by atoms with Crippen LogP contribution in [0.5, 0.6) is 0 Å². The summed E-state index contributed by atoms with van der Waals surface area (Å²) in [5.74, 6) is 0. The number of halogens is 2. The molecule has 0 saturated carbocycles. The molecular weight excluding hydrogens is 277 g/mol. The van der Waals surface area contributed by atoms with Gasteiger partial charge in [0.25, 0.3) is 0 Å². The zero-order valence-electron chi connectivity index (χ0n) is 10.0. The standard InChI is InChI=1S/C12H15Cl2NOS/c1-12(2,3)17(16)15-7-10(15)11-8(13)5-4-6-9(11)14/h4-6,10H,7H2,1-3H3/t10-,15?,17-/m0/s1. The van der Waals surface area contributed by atoms with Crippen molar-refractivity contribution in [2.75, 3.05) is 6.54 Å². The zero-order chi connectivity index (χ0) is 12.8. The summed E-state index contributed by atoms with van der Waals surface area (Å²) in [4.78, 5) is 0. The molecule has 2 rings (SSSR count). The first kappa shape index (κ1) is 13.3. The molecule has 17 heavy (non-hydrogen) atoms. The largest absolute Gasteiger partial charge is 0.242 e. The van der Waals surface area contributed by atoms with Crippen LogP contribution in [0.2, 0.25) is 10.0 Å². The van der Waals surface area contributed by atoms with Gasteiger partial charge >= 0.3 is 0 Å². The maximum absolute atomic E-state index is 12.2. The smallest absolute Gasteiger partial charge is 0.100 e. The lowest BCUT2D eigenvalue weighted by atomic mass is 10.1. The summed E-state index contributed by atoms with van der Waals surface area (Å²) in [6, 6.07) is 5.55. The normalized spacial score (nSPS) is 25.7. The minimum Gasteiger partial charge on any atom is -0.242 e. The second-order valence-electron chi connectivity index (χ2n) is 5.11. The average Bonchev–Trinajstić information content (AvgIpc) is 2.95. The van der Waals surface area contributed by atoms with Gasteiger partial charge in [-0.3, -0.25) is 0 Å². The van der Waals surface area contributed by atoms with Gasteiger partial charge in [-0.15, -0.1) is 0 Å². The van der Waals surface area contributed by atoms with E-state index < -0.39 is 11.0 Å². The fourth-order valence-corrected chi connectivity index (χ4v) is 3.69. The molecular formula is C12H15Cl2NOS. The Bertz CT molecular complexity index is 450. The Hall–Kier alpha value is -0.0900. The Labute approximate surface area is 114 Å². The first-order valence-corrected chi connectivity index (χ1v) is 7.31. The van der Waals surface area contributed by atoms with Crippen LogP contribution in [0.15, 0.2) is 18.2 Å². The summed E-state index contributed by atoms with van der Waals surface area (Å²) in [6.45, 7) is 6.65. The van der Waals surface area contributed by atoms with Gasteiger partial charge in [0, 0.05) is 22.2 Å². The third kappa shape index (κ3) is 2.68. The van der Waals surface area contributed by atoms with Gasteiger partial charge in [0.1, 0.15) is 11.0 Å². The molecule has 0 spiro atoms. The van der Waals surface area contributed by atoms with E-state index in [1.807, 2.05) is 43.3 Å². The Morgan fingerprint density at radius 1 is 1.29 bits per heavy atom. The molecule has 94 valence electrons. The van der Waals surface area contributed by atoms with Gasteiger partial charge in [-0.05, 0) is 32.9 Å². The second kappa shape index (κ2) is 4.54. The van der Waals surface area contributed by atoms with Crippen LogP contribution >= 0.6 is 23.2 Å². The molecule has 1 aliphatic heterocycles. The zero-order valence-corrected chi connectivity index (χ0v) is 12.4. The fourth-order valence-electron chi connectivity index (χ4n) is 1.72. The Morgan fingerprint density at radius 3 is 2.29 bits per heavy atom. The van der Waals surface area contributed by atoms with Crippen molar-refractivity contribution in [2.24, 2.45) is 0 Å². The van der Waals surface area contributed by atoms with E-state index in [2.05, 4.69) is 0 Å². The lowest BCUT2D eigenvalue weighted by Gasteiger charge is -2.18. The van der Waals surface area contributed by atoms with Crippen LogP contribution < -0.4 is 0 Å². The highest BCUT2D eigenvalue weighted by Crippen LogP contribution is 2.44. The number of nitrogens with zero attached hydrogens (tertiary/aromatic N) is 1. The number of hydrogen-bond donors (Lipinski definition) is 0. The molecule has 1 aliphatic rings. The third-order valence-electron chi connectivity index (χ3n) is 2.64. The lowest BCUT2D eigenvalue weighted by molar-refractivity contribution is 0.607. The Balaban J connectivity index is 2.22. The monoisotopic (exact) mass is 291 g/mol. The van der Waals surface area contributed by atoms with Crippen molar-refractivity contribution >= 4 is 34.2 Å². The molecule has 1 saturated heterocycles. The quantitative estimate of drug-likeness (QED) is 0.759. The summed E-state index contributed by atoms with van der Waals surface area (Å²) in [6.07, 6.45) is 0. The fraction of sp³-hybridized carbons (Fsp3) is 0.500. The molecule has 0 radical (unpaired) electrons. The summed E-state index contributed by atoms with van der Waals surface area (Å²) in [7, 11) is -1.01. The van der Waals surface area contributed by atoms with Crippen LogP contribution in [0.25, 0.3) is 0 Å². The van der Waals surface area contributed by atoms with Crippen LogP contribution in [0.1, 0.15) is 32.4 Å². The molecule has 1 unspecified atom stereocenters. The summed E-state index contributed by atoms with van der Waals surface area (Å²) in [5.41, 5.74) is 0.897. The van der Waals surface area contributed by atoms with E-state index in [1.165, 1.54) is 0 Å². The molecule has 3 atom stereocenters. The molecule has 0 aromatic heterocycles. The van der Waals surface area contributed by atoms with Gasteiger partial charge in [-0.2, -0.15) is 0 Å². The molecule has 5 heteroatoms. The number of hydrogen-bond acceptors (Lipinski definition) is 1. The first-order valence-electron chi connectivity index (χ1n) is 5.45. The van der Waals surface area contributed by atoms with Gasteiger partial charge < -0.3 is 0 Å². The molecule has 0 N–H and O–H groups in total. The highest BCUT2D eigenvalue weighted by molar-refractivity contribution is 7.84.